The number of alkyl halides is 3. The quantitative estimate of drug-likeness (QED) is 0.819. The first-order valence-corrected chi connectivity index (χ1v) is 6.50. The monoisotopic (exact) mass is 293 g/mol. The van der Waals surface area contributed by atoms with E-state index < -0.39 is 29.2 Å². The molecule has 0 fully saturated rings. The van der Waals surface area contributed by atoms with Gasteiger partial charge in [-0.1, -0.05) is 0 Å². The van der Waals surface area contributed by atoms with Crippen molar-refractivity contribution in [1.82, 2.24) is 4.72 Å². The molecule has 0 radical (unpaired) electrons. The molecule has 0 atom stereocenters. The van der Waals surface area contributed by atoms with E-state index in [2.05, 4.69) is 0 Å². The average molecular weight is 293 g/mol. The zero-order chi connectivity index (χ0) is 14.7. The van der Waals surface area contributed by atoms with Crippen LogP contribution in [0.3, 0.4) is 0 Å². The van der Waals surface area contributed by atoms with E-state index in [-0.39, 0.29) is 16.1 Å². The molecular formula is C10H10F3N3O2S. The van der Waals surface area contributed by atoms with E-state index in [1.54, 1.807) is 10.8 Å². The maximum Gasteiger partial charge on any atom is 0.390 e. The van der Waals surface area contributed by atoms with Gasteiger partial charge in [-0.3, -0.25) is 0 Å². The van der Waals surface area contributed by atoms with Gasteiger partial charge in [-0.2, -0.15) is 18.4 Å². The van der Waals surface area contributed by atoms with Gasteiger partial charge in [-0.05, 0) is 18.2 Å². The third kappa shape index (κ3) is 4.42. The normalized spacial score (nSPS) is 12.1. The number of rotatable bonds is 4. The van der Waals surface area contributed by atoms with Gasteiger partial charge in [0, 0.05) is 6.54 Å². The molecule has 5 nitrogen and oxygen atoms in total. The van der Waals surface area contributed by atoms with Crippen LogP contribution in [-0.4, -0.2) is 21.1 Å². The van der Waals surface area contributed by atoms with Gasteiger partial charge in [-0.25, -0.2) is 13.1 Å². The van der Waals surface area contributed by atoms with E-state index in [0.717, 1.165) is 12.1 Å². The minimum atomic E-state index is -4.45. The van der Waals surface area contributed by atoms with Crippen molar-refractivity contribution < 1.29 is 21.6 Å². The van der Waals surface area contributed by atoms with Crippen LogP contribution in [0.2, 0.25) is 0 Å². The van der Waals surface area contributed by atoms with Crippen molar-refractivity contribution in [2.75, 3.05) is 12.3 Å². The topological polar surface area (TPSA) is 96.0 Å². The molecule has 0 aromatic heterocycles. The molecule has 19 heavy (non-hydrogen) atoms. The standard InChI is InChI=1S/C10H10F3N3O2S/c11-10(12,13)3-4-16-19(17,18)9-2-1-7(6-14)5-8(9)15/h1-2,5,16H,3-4,15H2. The summed E-state index contributed by atoms with van der Waals surface area (Å²) in [7, 11) is -4.12. The lowest BCUT2D eigenvalue weighted by atomic mass is 10.2. The lowest BCUT2D eigenvalue weighted by Crippen LogP contribution is -2.28. The van der Waals surface area contributed by atoms with E-state index in [1.165, 1.54) is 6.07 Å². The lowest BCUT2D eigenvalue weighted by Gasteiger charge is -2.10. The highest BCUT2D eigenvalue weighted by molar-refractivity contribution is 7.89. The Morgan fingerprint density at radius 3 is 2.47 bits per heavy atom. The Labute approximate surface area is 107 Å². The molecular weight excluding hydrogens is 283 g/mol. The number of nitrogen functional groups attached to an aromatic ring is 1. The predicted octanol–water partition coefficient (Wildman–Crippen LogP) is 1.37. The number of halogens is 3. The third-order valence-electron chi connectivity index (χ3n) is 2.13. The zero-order valence-corrected chi connectivity index (χ0v) is 10.3. The Balaban J connectivity index is 2.87. The second kappa shape index (κ2) is 5.46. The largest absolute Gasteiger partial charge is 0.398 e. The van der Waals surface area contributed by atoms with Gasteiger partial charge >= 0.3 is 6.18 Å². The molecule has 1 aromatic carbocycles. The van der Waals surface area contributed by atoms with Crippen LogP contribution in [0, 0.1) is 11.3 Å². The summed E-state index contributed by atoms with van der Waals surface area (Å²) in [4.78, 5) is -0.353. The predicted molar refractivity (Wildman–Crippen MR) is 61.4 cm³/mol. The molecule has 9 heteroatoms. The fraction of sp³-hybridized carbons (Fsp3) is 0.300. The van der Waals surface area contributed by atoms with Crippen molar-refractivity contribution in [2.24, 2.45) is 0 Å². The third-order valence-corrected chi connectivity index (χ3v) is 3.66. The Morgan fingerprint density at radius 1 is 1.37 bits per heavy atom. The zero-order valence-electron chi connectivity index (χ0n) is 9.53. The molecule has 0 saturated heterocycles. The van der Waals surface area contributed by atoms with Gasteiger partial charge in [0.2, 0.25) is 10.0 Å². The van der Waals surface area contributed by atoms with E-state index in [9.17, 15) is 21.6 Å². The van der Waals surface area contributed by atoms with Crippen molar-refractivity contribution in [3.63, 3.8) is 0 Å². The summed E-state index contributed by atoms with van der Waals surface area (Å²) in [6, 6.07) is 5.19. The van der Waals surface area contributed by atoms with E-state index in [4.69, 9.17) is 11.0 Å². The molecule has 0 saturated carbocycles. The van der Waals surface area contributed by atoms with Crippen molar-refractivity contribution in [1.29, 1.82) is 5.26 Å². The minimum Gasteiger partial charge on any atom is -0.398 e. The SMILES string of the molecule is N#Cc1ccc(S(=O)(=O)NCCC(F)(F)F)c(N)c1. The molecule has 0 amide bonds. The van der Waals surface area contributed by atoms with Crippen molar-refractivity contribution in [2.45, 2.75) is 17.5 Å². The highest BCUT2D eigenvalue weighted by Gasteiger charge is 2.28. The molecule has 0 bridgehead atoms. The second-order valence-electron chi connectivity index (χ2n) is 3.63. The van der Waals surface area contributed by atoms with Gasteiger partial charge < -0.3 is 5.73 Å². The number of benzene rings is 1. The van der Waals surface area contributed by atoms with E-state index >= 15 is 0 Å². The summed E-state index contributed by atoms with van der Waals surface area (Å²) < 4.78 is 60.9. The smallest absolute Gasteiger partial charge is 0.390 e. The summed E-state index contributed by atoms with van der Waals surface area (Å²) in [5.74, 6) is 0. The number of anilines is 1. The Morgan fingerprint density at radius 2 is 2.00 bits per heavy atom. The van der Waals surface area contributed by atoms with Crippen LogP contribution in [0.5, 0.6) is 0 Å². The molecule has 1 rings (SSSR count). The number of nitriles is 1. The van der Waals surface area contributed by atoms with Crippen LogP contribution in [0.15, 0.2) is 23.1 Å². The first-order valence-electron chi connectivity index (χ1n) is 5.02. The fourth-order valence-corrected chi connectivity index (χ4v) is 2.41. The second-order valence-corrected chi connectivity index (χ2v) is 5.36. The molecule has 0 aliphatic carbocycles. The molecule has 3 N–H and O–H groups in total. The molecule has 0 aliphatic rings. The van der Waals surface area contributed by atoms with Crippen LogP contribution in [-0.2, 0) is 10.0 Å². The summed E-state index contributed by atoms with van der Waals surface area (Å²) >= 11 is 0. The summed E-state index contributed by atoms with van der Waals surface area (Å²) in [5.41, 5.74) is 5.41. The van der Waals surface area contributed by atoms with Gasteiger partial charge in [0.15, 0.2) is 0 Å². The maximum absolute atomic E-state index is 11.9. The molecule has 0 heterocycles. The van der Waals surface area contributed by atoms with E-state index in [0.29, 0.717) is 0 Å². The molecule has 0 unspecified atom stereocenters. The van der Waals surface area contributed by atoms with Crippen LogP contribution in [0.4, 0.5) is 18.9 Å². The van der Waals surface area contributed by atoms with Crippen molar-refractivity contribution >= 4 is 15.7 Å². The number of nitrogens with one attached hydrogen (secondary N) is 1. The lowest BCUT2D eigenvalue weighted by molar-refractivity contribution is -0.132. The number of nitrogens with zero attached hydrogens (tertiary/aromatic N) is 1. The fourth-order valence-electron chi connectivity index (χ4n) is 1.27. The van der Waals surface area contributed by atoms with E-state index in [1.807, 2.05) is 0 Å². The van der Waals surface area contributed by atoms with Crippen molar-refractivity contribution in [3.8, 4) is 6.07 Å². The number of sulfonamides is 1. The summed E-state index contributed by atoms with van der Waals surface area (Å²) in [6.07, 6.45) is -5.72. The van der Waals surface area contributed by atoms with Gasteiger partial charge in [0.1, 0.15) is 4.90 Å². The highest BCUT2D eigenvalue weighted by Crippen LogP contribution is 2.21. The first kappa shape index (κ1) is 15.3. The minimum absolute atomic E-state index is 0.159. The maximum atomic E-state index is 11.9. The molecule has 104 valence electrons. The molecule has 1 aromatic rings. The van der Waals surface area contributed by atoms with Gasteiger partial charge in [0.25, 0.3) is 0 Å². The Kier molecular flexibility index (Phi) is 4.39. The number of hydrogen-bond acceptors (Lipinski definition) is 4. The van der Waals surface area contributed by atoms with Crippen LogP contribution in [0.25, 0.3) is 0 Å². The Hall–Kier alpha value is -1.79. The summed E-state index contributed by atoms with van der Waals surface area (Å²) in [6.45, 7) is -0.773. The Bertz CT molecular complexity index is 605. The first-order chi connectivity index (χ1) is 8.65. The van der Waals surface area contributed by atoms with Crippen LogP contribution >= 0.6 is 0 Å². The molecule has 0 aliphatic heterocycles. The van der Waals surface area contributed by atoms with Gasteiger partial charge in [0.05, 0.1) is 23.7 Å². The number of hydrogen-bond donors (Lipinski definition) is 2. The van der Waals surface area contributed by atoms with Crippen molar-refractivity contribution in [3.05, 3.63) is 23.8 Å². The molecule has 0 spiro atoms. The number of nitrogens with two attached hydrogens (primary N) is 1. The average Bonchev–Trinajstić information content (AvgIpc) is 2.26. The summed E-state index contributed by atoms with van der Waals surface area (Å²) in [5, 5.41) is 8.59. The van der Waals surface area contributed by atoms with Crippen LogP contribution < -0.4 is 10.5 Å². The van der Waals surface area contributed by atoms with Gasteiger partial charge in [-0.15, -0.1) is 0 Å². The van der Waals surface area contributed by atoms with Crippen LogP contribution in [0.1, 0.15) is 12.0 Å². The highest BCUT2D eigenvalue weighted by atomic mass is 32.2.